The molecular formula is C26H32O4. The second kappa shape index (κ2) is 7.26. The maximum Gasteiger partial charge on any atom is 0.157 e. The molecule has 2 N–H and O–H groups in total. The molecule has 2 aliphatic rings. The standard InChI is InChI=1S/C26H32O4/c1-14(2)7-9-16-21(29-5)13-22(30-6)17-12-18-24(23(16)17)25(26(18,3)4)15-8-10-19(27)20(28)11-15/h7-8,10-11,13,18,24-25,27-28H,9,12H2,1-6H3/t18-,24-,25-/m0/s1. The van der Waals surface area contributed by atoms with Crippen molar-refractivity contribution in [3.63, 3.8) is 0 Å². The van der Waals surface area contributed by atoms with Crippen molar-refractivity contribution >= 4 is 0 Å². The van der Waals surface area contributed by atoms with Gasteiger partial charge in [-0.1, -0.05) is 31.6 Å². The molecule has 0 amide bonds. The summed E-state index contributed by atoms with van der Waals surface area (Å²) in [5, 5.41) is 19.9. The highest BCUT2D eigenvalue weighted by molar-refractivity contribution is 5.61. The van der Waals surface area contributed by atoms with Crippen LogP contribution in [0.15, 0.2) is 35.9 Å². The molecule has 4 heteroatoms. The van der Waals surface area contributed by atoms with Crippen molar-refractivity contribution < 1.29 is 19.7 Å². The van der Waals surface area contributed by atoms with Gasteiger partial charge in [0.1, 0.15) is 11.5 Å². The van der Waals surface area contributed by atoms with Gasteiger partial charge in [-0.15, -0.1) is 0 Å². The van der Waals surface area contributed by atoms with Gasteiger partial charge in [0.2, 0.25) is 0 Å². The van der Waals surface area contributed by atoms with Crippen LogP contribution in [0.5, 0.6) is 23.0 Å². The molecule has 3 atom stereocenters. The maximum atomic E-state index is 10.1. The molecule has 0 bridgehead atoms. The number of hydrogen-bond acceptors (Lipinski definition) is 4. The van der Waals surface area contributed by atoms with Crippen LogP contribution in [0.1, 0.15) is 61.8 Å². The van der Waals surface area contributed by atoms with Crippen molar-refractivity contribution in [1.82, 2.24) is 0 Å². The Labute approximate surface area is 179 Å². The van der Waals surface area contributed by atoms with Crippen LogP contribution in [0.4, 0.5) is 0 Å². The third-order valence-electron chi connectivity index (χ3n) is 7.33. The monoisotopic (exact) mass is 408 g/mol. The first-order valence-corrected chi connectivity index (χ1v) is 10.6. The van der Waals surface area contributed by atoms with Gasteiger partial charge in [-0.2, -0.15) is 0 Å². The van der Waals surface area contributed by atoms with E-state index in [1.165, 1.54) is 22.3 Å². The summed E-state index contributed by atoms with van der Waals surface area (Å²) in [6.07, 6.45) is 4.07. The minimum Gasteiger partial charge on any atom is -0.504 e. The van der Waals surface area contributed by atoms with Crippen LogP contribution in [0.3, 0.4) is 0 Å². The van der Waals surface area contributed by atoms with E-state index in [9.17, 15) is 10.2 Å². The van der Waals surface area contributed by atoms with Crippen molar-refractivity contribution in [2.24, 2.45) is 11.3 Å². The molecule has 1 fully saturated rings. The fourth-order valence-corrected chi connectivity index (χ4v) is 5.85. The highest BCUT2D eigenvalue weighted by Crippen LogP contribution is 2.71. The number of ether oxygens (including phenoxy) is 2. The number of phenolic OH excluding ortho intramolecular Hbond substituents is 2. The Kier molecular flexibility index (Phi) is 5.00. The van der Waals surface area contributed by atoms with Crippen molar-refractivity contribution in [2.45, 2.75) is 52.4 Å². The minimum absolute atomic E-state index is 0.0574. The van der Waals surface area contributed by atoms with Gasteiger partial charge in [-0.3, -0.25) is 0 Å². The van der Waals surface area contributed by atoms with E-state index in [2.05, 4.69) is 33.8 Å². The first kappa shape index (κ1) is 20.6. The highest BCUT2D eigenvalue weighted by Gasteiger charge is 2.61. The van der Waals surface area contributed by atoms with Crippen LogP contribution in [0, 0.1) is 11.3 Å². The molecule has 2 aromatic rings. The van der Waals surface area contributed by atoms with Crippen LogP contribution in [-0.2, 0) is 12.8 Å². The summed E-state index contributed by atoms with van der Waals surface area (Å²) in [4.78, 5) is 0. The summed E-state index contributed by atoms with van der Waals surface area (Å²) in [5.41, 5.74) is 6.31. The van der Waals surface area contributed by atoms with Gasteiger partial charge in [0.05, 0.1) is 14.2 Å². The highest BCUT2D eigenvalue weighted by atomic mass is 16.5. The summed E-state index contributed by atoms with van der Waals surface area (Å²) >= 11 is 0. The van der Waals surface area contributed by atoms with E-state index in [-0.39, 0.29) is 22.8 Å². The molecule has 0 spiro atoms. The van der Waals surface area contributed by atoms with E-state index in [1.54, 1.807) is 26.4 Å². The fourth-order valence-electron chi connectivity index (χ4n) is 5.85. The van der Waals surface area contributed by atoms with E-state index in [0.29, 0.717) is 11.8 Å². The van der Waals surface area contributed by atoms with Crippen LogP contribution in [0.2, 0.25) is 0 Å². The molecule has 0 heterocycles. The topological polar surface area (TPSA) is 58.9 Å². The Balaban J connectivity index is 1.89. The molecule has 160 valence electrons. The van der Waals surface area contributed by atoms with E-state index in [1.807, 2.05) is 12.1 Å². The molecule has 1 saturated carbocycles. The van der Waals surface area contributed by atoms with Gasteiger partial charge in [-0.05, 0) is 78.7 Å². The molecule has 4 rings (SSSR count). The van der Waals surface area contributed by atoms with Gasteiger partial charge >= 0.3 is 0 Å². The SMILES string of the molecule is COc1cc(OC)c2c(c1CC=C(C)C)[C@@H]1[C@H](C2)C(C)(C)[C@H]1c1ccc(O)c(O)c1. The molecule has 30 heavy (non-hydrogen) atoms. The second-order valence-corrected chi connectivity index (χ2v) is 9.52. The average Bonchev–Trinajstić information content (AvgIpc) is 3.06. The van der Waals surface area contributed by atoms with Crippen LogP contribution in [-0.4, -0.2) is 24.4 Å². The zero-order valence-corrected chi connectivity index (χ0v) is 18.7. The van der Waals surface area contributed by atoms with E-state index in [0.717, 1.165) is 29.9 Å². The van der Waals surface area contributed by atoms with Gasteiger partial charge in [-0.25, -0.2) is 0 Å². The molecule has 0 saturated heterocycles. The lowest BCUT2D eigenvalue weighted by Crippen LogP contribution is -2.48. The number of rotatable bonds is 5. The molecule has 0 aliphatic heterocycles. The predicted octanol–water partition coefficient (Wildman–Crippen LogP) is 5.70. The third-order valence-corrected chi connectivity index (χ3v) is 7.33. The third kappa shape index (κ3) is 2.96. The van der Waals surface area contributed by atoms with E-state index >= 15 is 0 Å². The smallest absolute Gasteiger partial charge is 0.157 e. The Morgan fingerprint density at radius 3 is 2.37 bits per heavy atom. The molecule has 4 nitrogen and oxygen atoms in total. The first-order chi connectivity index (χ1) is 14.2. The largest absolute Gasteiger partial charge is 0.504 e. The van der Waals surface area contributed by atoms with E-state index in [4.69, 9.17) is 9.47 Å². The lowest BCUT2D eigenvalue weighted by molar-refractivity contribution is 0.0122. The number of fused-ring (bicyclic) bond motifs is 3. The number of methoxy groups -OCH3 is 2. The molecule has 0 unspecified atom stereocenters. The van der Waals surface area contributed by atoms with E-state index < -0.39 is 0 Å². The van der Waals surface area contributed by atoms with Gasteiger partial charge in [0, 0.05) is 11.6 Å². The number of hydrogen-bond donors (Lipinski definition) is 2. The molecule has 0 radical (unpaired) electrons. The van der Waals surface area contributed by atoms with Crippen LogP contribution >= 0.6 is 0 Å². The molecule has 2 aliphatic carbocycles. The van der Waals surface area contributed by atoms with Crippen molar-refractivity contribution in [2.75, 3.05) is 14.2 Å². The quantitative estimate of drug-likeness (QED) is 0.492. The van der Waals surface area contributed by atoms with Crippen molar-refractivity contribution in [3.8, 4) is 23.0 Å². The average molecular weight is 409 g/mol. The normalized spacial score (nSPS) is 23.2. The lowest BCUT2D eigenvalue weighted by atomic mass is 9.46. The first-order valence-electron chi connectivity index (χ1n) is 10.6. The summed E-state index contributed by atoms with van der Waals surface area (Å²) in [6, 6.07) is 7.30. The number of aromatic hydroxyl groups is 2. The molecule has 0 aromatic heterocycles. The zero-order valence-electron chi connectivity index (χ0n) is 18.7. The molecular weight excluding hydrogens is 376 g/mol. The van der Waals surface area contributed by atoms with Gasteiger partial charge in [0.25, 0.3) is 0 Å². The predicted molar refractivity (Wildman–Crippen MR) is 119 cm³/mol. The number of benzene rings is 2. The van der Waals surface area contributed by atoms with Crippen LogP contribution < -0.4 is 9.47 Å². The summed E-state index contributed by atoms with van der Waals surface area (Å²) in [7, 11) is 3.45. The fraction of sp³-hybridized carbons (Fsp3) is 0.462. The van der Waals surface area contributed by atoms with Crippen LogP contribution in [0.25, 0.3) is 0 Å². The summed E-state index contributed by atoms with van der Waals surface area (Å²) in [5.74, 6) is 2.73. The zero-order chi connectivity index (χ0) is 21.8. The van der Waals surface area contributed by atoms with Gasteiger partial charge in [0.15, 0.2) is 11.5 Å². The Morgan fingerprint density at radius 1 is 1.07 bits per heavy atom. The number of allylic oxidation sites excluding steroid dienone is 2. The summed E-state index contributed by atoms with van der Waals surface area (Å²) in [6.45, 7) is 8.86. The summed E-state index contributed by atoms with van der Waals surface area (Å²) < 4.78 is 11.6. The Bertz CT molecular complexity index is 1010. The second-order valence-electron chi connectivity index (χ2n) is 9.52. The number of phenols is 2. The Morgan fingerprint density at radius 2 is 1.77 bits per heavy atom. The minimum atomic E-state index is -0.0770. The molecule has 2 aromatic carbocycles. The van der Waals surface area contributed by atoms with Gasteiger partial charge < -0.3 is 19.7 Å². The lowest BCUT2D eigenvalue weighted by Gasteiger charge is -2.57. The van der Waals surface area contributed by atoms with Crippen molar-refractivity contribution in [3.05, 3.63) is 58.2 Å². The van der Waals surface area contributed by atoms with Crippen molar-refractivity contribution in [1.29, 1.82) is 0 Å². The maximum absolute atomic E-state index is 10.1. The Hall–Kier alpha value is -2.62.